The van der Waals surface area contributed by atoms with E-state index >= 15 is 0 Å². The second-order valence-electron chi connectivity index (χ2n) is 10.9. The van der Waals surface area contributed by atoms with E-state index in [1.54, 1.807) is 0 Å². The Labute approximate surface area is 270 Å². The quantitative estimate of drug-likeness (QED) is 0.194. The molecule has 0 radical (unpaired) electrons. The molecular weight excluding hydrogens is 563 g/mol. The second kappa shape index (κ2) is 12.5. The van der Waals surface area contributed by atoms with Gasteiger partial charge in [0.2, 0.25) is 0 Å². The van der Waals surface area contributed by atoms with Gasteiger partial charge in [-0.2, -0.15) is 0 Å². The summed E-state index contributed by atoms with van der Waals surface area (Å²) in [4.78, 5) is 5.00. The average molecular weight is 598 g/mol. The molecule has 8 rings (SSSR count). The molecule has 45 heavy (non-hydrogen) atoms. The molecule has 1 aliphatic heterocycles. The lowest BCUT2D eigenvalue weighted by Crippen LogP contribution is -2.34. The van der Waals surface area contributed by atoms with Crippen molar-refractivity contribution in [3.05, 3.63) is 198 Å². The molecule has 0 saturated carbocycles. The van der Waals surface area contributed by atoms with E-state index in [1.165, 1.54) is 54.2 Å². The largest absolute Gasteiger partial charge is 0.309 e. The number of fused-ring (bicyclic) bond motifs is 3. The molecule has 0 saturated heterocycles. The highest BCUT2D eigenvalue weighted by Crippen LogP contribution is 2.59. The van der Waals surface area contributed by atoms with Crippen LogP contribution in [0, 0.1) is 0 Å². The van der Waals surface area contributed by atoms with Crippen molar-refractivity contribution in [1.82, 2.24) is 0 Å². The van der Waals surface area contributed by atoms with Crippen LogP contribution in [0.2, 0.25) is 0 Å². The fraction of sp³-hybridized carbons (Fsp3) is 0.0698. The molecule has 0 aliphatic carbocycles. The van der Waals surface area contributed by atoms with Crippen LogP contribution in [0.3, 0.4) is 0 Å². The van der Waals surface area contributed by atoms with Gasteiger partial charge in [0.05, 0.1) is 16.8 Å². The van der Waals surface area contributed by atoms with E-state index in [2.05, 4.69) is 181 Å². The van der Waals surface area contributed by atoms with E-state index in [0.717, 1.165) is 5.69 Å². The Morgan fingerprint density at radius 1 is 0.444 bits per heavy atom. The summed E-state index contributed by atoms with van der Waals surface area (Å²) in [7, 11) is 0. The van der Waals surface area contributed by atoms with Crippen molar-refractivity contribution >= 4 is 39.6 Å². The summed E-state index contributed by atoms with van der Waals surface area (Å²) in [5.41, 5.74) is 8.16. The van der Waals surface area contributed by atoms with Crippen molar-refractivity contribution < 1.29 is 0 Å². The second-order valence-corrected chi connectivity index (χ2v) is 12.0. The standard InChI is InChI=1S/C41H29NS.C2H6/c1-4-18-31(19-5-1)41(32-20-6-2-7-21-32)35-25-12-13-29-39(35)43-40-36(41)26-15-28-38(40)42(33-22-8-3-9-23-33)37-27-14-17-30-16-10-11-24-34(30)37;1-2/h1-29H;1-2H3. The third-order valence-electron chi connectivity index (χ3n) is 8.58. The third-order valence-corrected chi connectivity index (χ3v) is 9.79. The maximum Gasteiger partial charge on any atom is 0.0724 e. The van der Waals surface area contributed by atoms with Gasteiger partial charge in [-0.1, -0.05) is 171 Å². The smallest absolute Gasteiger partial charge is 0.0724 e. The number of benzene rings is 7. The van der Waals surface area contributed by atoms with Crippen LogP contribution in [0.1, 0.15) is 36.1 Å². The molecular formula is C43H35NS. The van der Waals surface area contributed by atoms with Gasteiger partial charge in [0.1, 0.15) is 0 Å². The van der Waals surface area contributed by atoms with Crippen LogP contribution in [0.25, 0.3) is 10.8 Å². The Kier molecular flexibility index (Phi) is 7.98. The van der Waals surface area contributed by atoms with Gasteiger partial charge in [-0.3, -0.25) is 0 Å². The number of hydrogen-bond acceptors (Lipinski definition) is 2. The predicted molar refractivity (Wildman–Crippen MR) is 192 cm³/mol. The number of rotatable bonds is 5. The Bertz CT molecular complexity index is 2010. The summed E-state index contributed by atoms with van der Waals surface area (Å²) in [6, 6.07) is 63.9. The van der Waals surface area contributed by atoms with Crippen LogP contribution in [-0.4, -0.2) is 0 Å². The lowest BCUT2D eigenvalue weighted by molar-refractivity contribution is 0.703. The number of hydrogen-bond donors (Lipinski definition) is 0. The topological polar surface area (TPSA) is 3.24 Å². The minimum absolute atomic E-state index is 0.475. The molecule has 0 fully saturated rings. The number of anilines is 3. The van der Waals surface area contributed by atoms with E-state index < -0.39 is 5.41 Å². The summed E-state index contributed by atoms with van der Waals surface area (Å²) in [5.74, 6) is 0. The van der Waals surface area contributed by atoms with E-state index in [0.29, 0.717) is 0 Å². The van der Waals surface area contributed by atoms with Gasteiger partial charge in [0.25, 0.3) is 0 Å². The van der Waals surface area contributed by atoms with Gasteiger partial charge in [-0.25, -0.2) is 0 Å². The minimum atomic E-state index is -0.475. The van der Waals surface area contributed by atoms with Crippen LogP contribution in [-0.2, 0) is 5.41 Å². The van der Waals surface area contributed by atoms with Crippen LogP contribution < -0.4 is 4.90 Å². The molecule has 7 aromatic carbocycles. The Morgan fingerprint density at radius 2 is 0.956 bits per heavy atom. The highest BCUT2D eigenvalue weighted by atomic mass is 32.2. The Balaban J connectivity index is 0.00000160. The van der Waals surface area contributed by atoms with Gasteiger partial charge in [-0.15, -0.1) is 0 Å². The van der Waals surface area contributed by atoms with Gasteiger partial charge < -0.3 is 4.90 Å². The molecule has 0 atom stereocenters. The maximum absolute atomic E-state index is 2.45. The van der Waals surface area contributed by atoms with Crippen LogP contribution >= 0.6 is 11.8 Å². The van der Waals surface area contributed by atoms with Crippen molar-refractivity contribution in [2.75, 3.05) is 4.90 Å². The van der Waals surface area contributed by atoms with Crippen molar-refractivity contribution in [1.29, 1.82) is 0 Å². The van der Waals surface area contributed by atoms with Crippen LogP contribution in [0.5, 0.6) is 0 Å². The van der Waals surface area contributed by atoms with E-state index in [-0.39, 0.29) is 0 Å². The third kappa shape index (κ3) is 4.83. The molecule has 0 amide bonds. The van der Waals surface area contributed by atoms with Crippen molar-refractivity contribution in [2.24, 2.45) is 0 Å². The van der Waals surface area contributed by atoms with Gasteiger partial charge in [0.15, 0.2) is 0 Å². The zero-order valence-corrected chi connectivity index (χ0v) is 26.4. The van der Waals surface area contributed by atoms with Crippen molar-refractivity contribution in [3.63, 3.8) is 0 Å². The molecule has 0 bridgehead atoms. The molecule has 2 heteroatoms. The zero-order valence-electron chi connectivity index (χ0n) is 25.6. The first kappa shape index (κ1) is 28.7. The summed E-state index contributed by atoms with van der Waals surface area (Å²) in [6.07, 6.45) is 0. The summed E-state index contributed by atoms with van der Waals surface area (Å²) in [6.45, 7) is 4.00. The fourth-order valence-corrected chi connectivity index (χ4v) is 8.07. The fourth-order valence-electron chi connectivity index (χ4n) is 6.78. The predicted octanol–water partition coefficient (Wildman–Crippen LogP) is 12.2. The van der Waals surface area contributed by atoms with Gasteiger partial charge >= 0.3 is 0 Å². The maximum atomic E-state index is 2.45. The highest BCUT2D eigenvalue weighted by Gasteiger charge is 2.45. The van der Waals surface area contributed by atoms with Crippen LogP contribution in [0.15, 0.2) is 186 Å². The Hall–Kier alpha value is -5.05. The van der Waals surface area contributed by atoms with Gasteiger partial charge in [0, 0.05) is 20.9 Å². The van der Waals surface area contributed by atoms with Crippen LogP contribution in [0.4, 0.5) is 17.1 Å². The molecule has 1 nitrogen and oxygen atoms in total. The minimum Gasteiger partial charge on any atom is -0.309 e. The first-order valence-electron chi connectivity index (χ1n) is 15.7. The van der Waals surface area contributed by atoms with Gasteiger partial charge in [-0.05, 0) is 58.0 Å². The zero-order chi connectivity index (χ0) is 30.6. The molecule has 0 N–H and O–H groups in total. The summed E-state index contributed by atoms with van der Waals surface area (Å²) in [5, 5.41) is 2.46. The van der Waals surface area contributed by atoms with E-state index in [9.17, 15) is 0 Å². The first-order chi connectivity index (χ1) is 22.4. The van der Waals surface area contributed by atoms with Crippen molar-refractivity contribution in [2.45, 2.75) is 29.1 Å². The molecule has 0 spiro atoms. The lowest BCUT2D eigenvalue weighted by atomic mass is 9.64. The first-order valence-corrected chi connectivity index (χ1v) is 16.5. The molecule has 1 aliphatic rings. The SMILES string of the molecule is CC.c1ccc(N(c2cccc3c2Sc2ccccc2C3(c2ccccc2)c2ccccc2)c2cccc3ccccc23)cc1. The molecule has 218 valence electrons. The normalized spacial score (nSPS) is 12.8. The molecule has 1 heterocycles. The molecule has 0 aromatic heterocycles. The molecule has 7 aromatic rings. The molecule has 0 unspecified atom stereocenters. The van der Waals surface area contributed by atoms with E-state index in [1.807, 2.05) is 25.6 Å². The monoisotopic (exact) mass is 597 g/mol. The van der Waals surface area contributed by atoms with Crippen molar-refractivity contribution in [3.8, 4) is 0 Å². The lowest BCUT2D eigenvalue weighted by Gasteiger charge is -2.43. The average Bonchev–Trinajstić information content (AvgIpc) is 3.13. The van der Waals surface area contributed by atoms with E-state index in [4.69, 9.17) is 0 Å². The number of para-hydroxylation sites is 1. The number of nitrogens with zero attached hydrogens (tertiary/aromatic N) is 1. The summed E-state index contributed by atoms with van der Waals surface area (Å²) < 4.78 is 0. The Morgan fingerprint density at radius 3 is 1.67 bits per heavy atom. The highest BCUT2D eigenvalue weighted by molar-refractivity contribution is 7.99. The summed E-state index contributed by atoms with van der Waals surface area (Å²) >= 11 is 1.88.